The van der Waals surface area contributed by atoms with Gasteiger partial charge in [-0.1, -0.05) is 17.7 Å². The van der Waals surface area contributed by atoms with E-state index < -0.39 is 0 Å². The highest BCUT2D eigenvalue weighted by molar-refractivity contribution is 6.31. The molecule has 2 rings (SSSR count). The Morgan fingerprint density at radius 2 is 2.29 bits per heavy atom. The van der Waals surface area contributed by atoms with Gasteiger partial charge in [0.15, 0.2) is 5.96 Å². The molecule has 1 heterocycles. The summed E-state index contributed by atoms with van der Waals surface area (Å²) in [7, 11) is 1.69. The van der Waals surface area contributed by atoms with E-state index >= 15 is 0 Å². The molecular weight excluding hydrogens is 333 g/mol. The molecule has 0 saturated carbocycles. The van der Waals surface area contributed by atoms with Crippen LogP contribution in [0.3, 0.4) is 0 Å². The van der Waals surface area contributed by atoms with E-state index in [0.29, 0.717) is 49.1 Å². The first-order chi connectivity index (χ1) is 11.6. The number of nitrogens with zero attached hydrogens (tertiary/aromatic N) is 1. The maximum absolute atomic E-state index is 13.7. The molecule has 1 aromatic carbocycles. The fourth-order valence-corrected chi connectivity index (χ4v) is 3.14. The highest BCUT2D eigenvalue weighted by Crippen LogP contribution is 2.31. The van der Waals surface area contributed by atoms with Crippen LogP contribution in [0.4, 0.5) is 4.39 Å². The molecule has 5 nitrogen and oxygen atoms in total. The molecular formula is C17H25ClFN3O2. The standard InChI is InChI=1S/C17H25ClFN3O2/c1-20-16(22-11-17(6-9-23)7-10-24-12-17)21-8-5-13-14(18)3-2-4-15(13)19/h2-4,23H,5-12H2,1H3,(H2,20,21,22). The van der Waals surface area contributed by atoms with Crippen molar-refractivity contribution >= 4 is 17.6 Å². The minimum absolute atomic E-state index is 0.0543. The third-order valence-corrected chi connectivity index (χ3v) is 4.76. The molecule has 134 valence electrons. The minimum atomic E-state index is -0.294. The first kappa shape index (κ1) is 19.0. The molecule has 0 radical (unpaired) electrons. The highest BCUT2D eigenvalue weighted by Gasteiger charge is 2.34. The lowest BCUT2D eigenvalue weighted by Crippen LogP contribution is -2.45. The van der Waals surface area contributed by atoms with Crippen molar-refractivity contribution in [3.63, 3.8) is 0 Å². The van der Waals surface area contributed by atoms with E-state index in [1.165, 1.54) is 6.07 Å². The lowest BCUT2D eigenvalue weighted by Gasteiger charge is -2.27. The smallest absolute Gasteiger partial charge is 0.191 e. The number of rotatable bonds is 7. The van der Waals surface area contributed by atoms with E-state index in [0.717, 1.165) is 13.0 Å². The van der Waals surface area contributed by atoms with Crippen LogP contribution >= 0.6 is 11.6 Å². The zero-order chi connectivity index (χ0) is 17.4. The van der Waals surface area contributed by atoms with E-state index in [1.807, 2.05) is 0 Å². The molecule has 24 heavy (non-hydrogen) atoms. The van der Waals surface area contributed by atoms with E-state index in [-0.39, 0.29) is 17.8 Å². The summed E-state index contributed by atoms with van der Waals surface area (Å²) in [6.07, 6.45) is 2.08. The molecule has 1 aromatic rings. The predicted octanol–water partition coefficient (Wildman–Crippen LogP) is 1.98. The summed E-state index contributed by atoms with van der Waals surface area (Å²) in [5.74, 6) is 0.351. The Labute approximate surface area is 147 Å². The lowest BCUT2D eigenvalue weighted by molar-refractivity contribution is 0.127. The van der Waals surface area contributed by atoms with Crippen molar-refractivity contribution in [1.82, 2.24) is 10.6 Å². The van der Waals surface area contributed by atoms with Crippen molar-refractivity contribution in [1.29, 1.82) is 0 Å². The van der Waals surface area contributed by atoms with Gasteiger partial charge >= 0.3 is 0 Å². The average molecular weight is 358 g/mol. The van der Waals surface area contributed by atoms with Crippen molar-refractivity contribution in [3.8, 4) is 0 Å². The zero-order valence-corrected chi connectivity index (χ0v) is 14.7. The molecule has 7 heteroatoms. The largest absolute Gasteiger partial charge is 0.396 e. The van der Waals surface area contributed by atoms with Gasteiger partial charge in [0.05, 0.1) is 6.61 Å². The second-order valence-corrected chi connectivity index (χ2v) is 6.49. The molecule has 0 aliphatic carbocycles. The number of nitrogens with one attached hydrogen (secondary N) is 2. The minimum Gasteiger partial charge on any atom is -0.396 e. The first-order valence-corrected chi connectivity index (χ1v) is 8.54. The number of hydrogen-bond donors (Lipinski definition) is 3. The Bertz CT molecular complexity index is 543. The number of guanidine groups is 1. The van der Waals surface area contributed by atoms with E-state index in [1.54, 1.807) is 19.2 Å². The van der Waals surface area contributed by atoms with Gasteiger partial charge in [-0.2, -0.15) is 0 Å². The number of ether oxygens (including phenoxy) is 1. The molecule has 0 spiro atoms. The molecule has 1 fully saturated rings. The molecule has 1 aliphatic heterocycles. The summed E-state index contributed by atoms with van der Waals surface area (Å²) < 4.78 is 19.2. The van der Waals surface area contributed by atoms with Crippen LogP contribution < -0.4 is 10.6 Å². The molecule has 1 saturated heterocycles. The molecule has 1 atom stereocenters. The van der Waals surface area contributed by atoms with Crippen molar-refractivity contribution in [2.75, 3.05) is 40.0 Å². The molecule has 0 bridgehead atoms. The van der Waals surface area contributed by atoms with Gasteiger partial charge in [-0.25, -0.2) is 4.39 Å². The number of aliphatic hydroxyl groups excluding tert-OH is 1. The van der Waals surface area contributed by atoms with Crippen LogP contribution in [0.5, 0.6) is 0 Å². The summed E-state index contributed by atoms with van der Waals surface area (Å²) in [5.41, 5.74) is 0.448. The third-order valence-electron chi connectivity index (χ3n) is 4.41. The number of halogens is 2. The van der Waals surface area contributed by atoms with Gasteiger partial charge in [0, 0.05) is 49.4 Å². The van der Waals surface area contributed by atoms with Gasteiger partial charge in [0.2, 0.25) is 0 Å². The van der Waals surface area contributed by atoms with Gasteiger partial charge in [-0.15, -0.1) is 0 Å². The van der Waals surface area contributed by atoms with E-state index in [4.69, 9.17) is 16.3 Å². The summed E-state index contributed by atoms with van der Waals surface area (Å²) >= 11 is 6.03. The first-order valence-electron chi connectivity index (χ1n) is 8.16. The Hall–Kier alpha value is -1.37. The van der Waals surface area contributed by atoms with Gasteiger partial charge < -0.3 is 20.5 Å². The Kier molecular flexibility index (Phi) is 7.27. The summed E-state index contributed by atoms with van der Waals surface area (Å²) in [4.78, 5) is 4.18. The van der Waals surface area contributed by atoms with Crippen LogP contribution in [0.1, 0.15) is 18.4 Å². The van der Waals surface area contributed by atoms with Gasteiger partial charge in [-0.3, -0.25) is 4.99 Å². The Morgan fingerprint density at radius 3 is 2.92 bits per heavy atom. The highest BCUT2D eigenvalue weighted by atomic mass is 35.5. The second kappa shape index (κ2) is 9.20. The van der Waals surface area contributed by atoms with Crippen LogP contribution in [0.15, 0.2) is 23.2 Å². The van der Waals surface area contributed by atoms with Gasteiger partial charge in [0.25, 0.3) is 0 Å². The summed E-state index contributed by atoms with van der Waals surface area (Å²) in [5, 5.41) is 16.1. The monoisotopic (exact) mass is 357 g/mol. The molecule has 0 amide bonds. The SMILES string of the molecule is CN=C(NCCc1c(F)cccc1Cl)NCC1(CCO)CCOC1. The van der Waals surface area contributed by atoms with Crippen molar-refractivity contribution in [2.45, 2.75) is 19.3 Å². The zero-order valence-electron chi connectivity index (χ0n) is 13.9. The number of benzene rings is 1. The second-order valence-electron chi connectivity index (χ2n) is 6.08. The van der Waals surface area contributed by atoms with Crippen LogP contribution in [-0.2, 0) is 11.2 Å². The lowest BCUT2D eigenvalue weighted by atomic mass is 9.84. The Morgan fingerprint density at radius 1 is 1.46 bits per heavy atom. The van der Waals surface area contributed by atoms with E-state index in [2.05, 4.69) is 15.6 Å². The fourth-order valence-electron chi connectivity index (χ4n) is 2.88. The van der Waals surface area contributed by atoms with Crippen molar-refractivity contribution in [3.05, 3.63) is 34.6 Å². The van der Waals surface area contributed by atoms with Crippen LogP contribution in [0, 0.1) is 11.2 Å². The fraction of sp³-hybridized carbons (Fsp3) is 0.588. The van der Waals surface area contributed by atoms with Crippen LogP contribution in [0.25, 0.3) is 0 Å². The topological polar surface area (TPSA) is 65.9 Å². The number of hydrogen-bond acceptors (Lipinski definition) is 3. The van der Waals surface area contributed by atoms with E-state index in [9.17, 15) is 9.50 Å². The molecule has 3 N–H and O–H groups in total. The molecule has 1 aliphatic rings. The normalized spacial score (nSPS) is 21.1. The Balaban J connectivity index is 1.82. The summed E-state index contributed by atoms with van der Waals surface area (Å²) in [6.45, 7) is 2.70. The quantitative estimate of drug-likeness (QED) is 0.515. The van der Waals surface area contributed by atoms with Crippen molar-refractivity contribution < 1.29 is 14.2 Å². The van der Waals surface area contributed by atoms with Gasteiger partial charge in [0.1, 0.15) is 5.82 Å². The number of aliphatic hydroxyl groups is 1. The summed E-state index contributed by atoms with van der Waals surface area (Å²) in [6, 6.07) is 4.69. The van der Waals surface area contributed by atoms with Crippen LogP contribution in [-0.4, -0.2) is 51.0 Å². The average Bonchev–Trinajstić information content (AvgIpc) is 3.02. The maximum atomic E-state index is 13.7. The molecule has 0 aromatic heterocycles. The number of aliphatic imine (C=N–C) groups is 1. The van der Waals surface area contributed by atoms with Crippen molar-refractivity contribution in [2.24, 2.45) is 10.4 Å². The van der Waals surface area contributed by atoms with Gasteiger partial charge in [-0.05, 0) is 31.4 Å². The van der Waals surface area contributed by atoms with Crippen LogP contribution in [0.2, 0.25) is 5.02 Å². The maximum Gasteiger partial charge on any atom is 0.191 e. The third kappa shape index (κ3) is 5.06. The molecule has 1 unspecified atom stereocenters. The predicted molar refractivity (Wildman–Crippen MR) is 94.1 cm³/mol.